The smallest absolute Gasteiger partial charge is 0.00814 e. The minimum absolute atomic E-state index is 0.0648. The molecule has 204 valence electrons. The summed E-state index contributed by atoms with van der Waals surface area (Å²) in [6, 6.07) is 0. The van der Waals surface area contributed by atoms with Crippen molar-refractivity contribution in [1.29, 1.82) is 0 Å². The predicted octanol–water partition coefficient (Wildman–Crippen LogP) is 10.5. The van der Waals surface area contributed by atoms with Crippen LogP contribution in [-0.4, -0.2) is 32.9 Å². The summed E-state index contributed by atoms with van der Waals surface area (Å²) in [5.41, 5.74) is 0. The highest BCUT2D eigenvalue weighted by Gasteiger charge is 2.63. The fraction of sp³-hybridized carbons (Fsp3) is 1.00. The Hall–Kier alpha value is 0.860. The first-order valence-electron chi connectivity index (χ1n) is 16.5. The van der Waals surface area contributed by atoms with Crippen LogP contribution in [0.5, 0.6) is 0 Å². The molecule has 0 radical (unpaired) electrons. The van der Waals surface area contributed by atoms with Crippen LogP contribution < -0.4 is 0 Å². The lowest BCUT2D eigenvalue weighted by molar-refractivity contribution is 0.0177. The zero-order chi connectivity index (χ0) is 25.1. The van der Waals surface area contributed by atoms with Gasteiger partial charge in [-0.25, -0.2) is 0 Å². The molecule has 0 unspecified atom stereocenters. The van der Waals surface area contributed by atoms with E-state index < -0.39 is 0 Å². The van der Waals surface area contributed by atoms with E-state index in [2.05, 4.69) is 41.5 Å². The second-order valence-corrected chi connectivity index (χ2v) is 25.0. The molecular formula is C34H58P2. The van der Waals surface area contributed by atoms with Crippen molar-refractivity contribution >= 4 is 15.8 Å². The Morgan fingerprint density at radius 2 is 0.806 bits per heavy atom. The second-order valence-electron chi connectivity index (χ2n) is 17.9. The first-order valence-corrected chi connectivity index (χ1v) is 19.5. The van der Waals surface area contributed by atoms with E-state index in [0.29, 0.717) is 10.3 Å². The van der Waals surface area contributed by atoms with Crippen LogP contribution in [0.2, 0.25) is 0 Å². The van der Waals surface area contributed by atoms with Crippen molar-refractivity contribution in [2.45, 2.75) is 152 Å². The van der Waals surface area contributed by atoms with Crippen LogP contribution in [0, 0.1) is 47.3 Å². The number of rotatable bonds is 6. The fourth-order valence-corrected chi connectivity index (χ4v) is 22.5. The van der Waals surface area contributed by atoms with Gasteiger partial charge in [-0.15, -0.1) is 0 Å². The Balaban J connectivity index is 1.18. The van der Waals surface area contributed by atoms with Gasteiger partial charge in [0.25, 0.3) is 0 Å². The monoisotopic (exact) mass is 528 g/mol. The average molecular weight is 529 g/mol. The van der Waals surface area contributed by atoms with Gasteiger partial charge in [0.05, 0.1) is 0 Å². The van der Waals surface area contributed by atoms with Gasteiger partial charge < -0.3 is 0 Å². The lowest BCUT2D eigenvalue weighted by Crippen LogP contribution is -2.57. The van der Waals surface area contributed by atoms with Crippen LogP contribution in [0.4, 0.5) is 0 Å². The molecule has 0 aromatic carbocycles. The van der Waals surface area contributed by atoms with Crippen LogP contribution in [0.3, 0.4) is 0 Å². The predicted molar refractivity (Wildman–Crippen MR) is 161 cm³/mol. The molecule has 0 aromatic rings. The summed E-state index contributed by atoms with van der Waals surface area (Å²) in [5.74, 6) is 9.02. The number of hydrogen-bond donors (Lipinski definition) is 0. The molecule has 9 rings (SSSR count). The minimum Gasteiger partial charge on any atom is -0.0954 e. The van der Waals surface area contributed by atoms with Crippen LogP contribution in [0.15, 0.2) is 0 Å². The van der Waals surface area contributed by atoms with Crippen molar-refractivity contribution in [1.82, 2.24) is 0 Å². The summed E-state index contributed by atoms with van der Waals surface area (Å²) in [7, 11) is 0.261. The number of hydrogen-bond acceptors (Lipinski definition) is 0. The minimum atomic E-state index is 0.0648. The van der Waals surface area contributed by atoms with Crippen molar-refractivity contribution in [3.63, 3.8) is 0 Å². The lowest BCUT2D eigenvalue weighted by atomic mass is 9.55. The van der Waals surface area contributed by atoms with Crippen LogP contribution >= 0.6 is 15.8 Å². The van der Waals surface area contributed by atoms with E-state index in [1.54, 1.807) is 102 Å². The largest absolute Gasteiger partial charge is 0.0954 e. The van der Waals surface area contributed by atoms with E-state index in [4.69, 9.17) is 0 Å². The summed E-state index contributed by atoms with van der Waals surface area (Å²) >= 11 is 0. The Labute approximate surface area is 227 Å². The van der Waals surface area contributed by atoms with E-state index in [0.717, 1.165) is 57.7 Å². The maximum atomic E-state index is 2.56. The molecule has 0 amide bonds. The van der Waals surface area contributed by atoms with Crippen molar-refractivity contribution in [2.24, 2.45) is 47.3 Å². The van der Waals surface area contributed by atoms with E-state index in [1.807, 2.05) is 0 Å². The molecule has 2 heteroatoms. The molecule has 0 N–H and O–H groups in total. The third-order valence-electron chi connectivity index (χ3n) is 13.2. The van der Waals surface area contributed by atoms with Crippen LogP contribution in [0.1, 0.15) is 131 Å². The molecule has 9 saturated carbocycles. The Morgan fingerprint density at radius 3 is 1.08 bits per heavy atom. The van der Waals surface area contributed by atoms with Gasteiger partial charge in [0.2, 0.25) is 0 Å². The van der Waals surface area contributed by atoms with Gasteiger partial charge in [-0.05, 0) is 170 Å². The average Bonchev–Trinajstić information content (AvgIpc) is 2.69. The third kappa shape index (κ3) is 4.35. The lowest BCUT2D eigenvalue weighted by Gasteiger charge is -2.68. The van der Waals surface area contributed by atoms with Crippen molar-refractivity contribution in [3.8, 4) is 0 Å². The molecule has 36 heavy (non-hydrogen) atoms. The van der Waals surface area contributed by atoms with Gasteiger partial charge in [0.1, 0.15) is 0 Å². The SMILES string of the molecule is CC(C)(C)P(C[C@@H]1CC[C@@H]1CP(C12CC3CC(CC(C3)C1)C2)C12CC3CC(CC(C3)C1)C2)C(C)(C)C. The Kier molecular flexibility index (Phi) is 6.22. The van der Waals surface area contributed by atoms with Gasteiger partial charge in [0, 0.05) is 0 Å². The summed E-state index contributed by atoms with van der Waals surface area (Å²) < 4.78 is 0. The topological polar surface area (TPSA) is 0 Å². The molecule has 0 saturated heterocycles. The van der Waals surface area contributed by atoms with E-state index in [-0.39, 0.29) is 15.8 Å². The summed E-state index contributed by atoms with van der Waals surface area (Å²) in [6.07, 6.45) is 26.5. The van der Waals surface area contributed by atoms with Gasteiger partial charge >= 0.3 is 0 Å². The maximum Gasteiger partial charge on any atom is -0.00814 e. The Bertz CT molecular complexity index is 714. The van der Waals surface area contributed by atoms with E-state index in [1.165, 1.54) is 0 Å². The van der Waals surface area contributed by atoms with Crippen molar-refractivity contribution < 1.29 is 0 Å². The molecule has 8 bridgehead atoms. The molecule has 9 aliphatic rings. The van der Waals surface area contributed by atoms with Gasteiger partial charge in [-0.3, -0.25) is 0 Å². The van der Waals surface area contributed by atoms with Gasteiger partial charge in [-0.1, -0.05) is 57.4 Å². The quantitative estimate of drug-likeness (QED) is 0.301. The highest BCUT2D eigenvalue weighted by atomic mass is 31.1. The summed E-state index contributed by atoms with van der Waals surface area (Å²) in [4.78, 5) is 0. The van der Waals surface area contributed by atoms with Crippen LogP contribution in [0.25, 0.3) is 0 Å². The normalized spacial score (nSPS) is 50.1. The van der Waals surface area contributed by atoms with Gasteiger partial charge in [-0.2, -0.15) is 0 Å². The molecule has 9 aliphatic carbocycles. The van der Waals surface area contributed by atoms with Gasteiger partial charge in [0.15, 0.2) is 0 Å². The van der Waals surface area contributed by atoms with Crippen LogP contribution in [-0.2, 0) is 0 Å². The first kappa shape index (κ1) is 25.8. The standard InChI is InChI=1S/C34H58P2/c1-31(2,3)35(32(4,5)6)21-29-7-8-30(29)22-36(33-15-23-9-24(16-33)11-25(10-23)17-33)34-18-26-12-27(19-34)14-28(13-26)20-34/h23-30H,7-22H2,1-6H3/t23?,24?,25?,26?,27?,28?,29-,30+,33?,34?,36?/m0/s1. The molecule has 0 nitrogen and oxygen atoms in total. The van der Waals surface area contributed by atoms with Crippen molar-refractivity contribution in [2.75, 3.05) is 12.3 Å². The molecule has 0 aromatic heterocycles. The van der Waals surface area contributed by atoms with E-state index in [9.17, 15) is 0 Å². The second kappa shape index (κ2) is 8.68. The van der Waals surface area contributed by atoms with Crippen molar-refractivity contribution in [3.05, 3.63) is 0 Å². The summed E-state index contributed by atoms with van der Waals surface area (Å²) in [6.45, 7) is 15.4. The molecule has 9 fully saturated rings. The molecule has 0 aliphatic heterocycles. The molecule has 0 spiro atoms. The third-order valence-corrected chi connectivity index (χ3v) is 21.5. The summed E-state index contributed by atoms with van der Waals surface area (Å²) in [5, 5.41) is 2.68. The highest BCUT2D eigenvalue weighted by molar-refractivity contribution is 7.61. The fourth-order valence-electron chi connectivity index (χ4n) is 12.8. The zero-order valence-electron chi connectivity index (χ0n) is 24.8. The maximum absolute atomic E-state index is 2.56. The zero-order valence-corrected chi connectivity index (χ0v) is 26.6. The molecule has 2 atom stereocenters. The molecule has 0 heterocycles. The Morgan fingerprint density at radius 1 is 0.500 bits per heavy atom. The van der Waals surface area contributed by atoms with E-state index >= 15 is 0 Å². The molecular weight excluding hydrogens is 470 g/mol. The first-order chi connectivity index (χ1) is 16.9. The highest BCUT2D eigenvalue weighted by Crippen LogP contribution is 2.80.